The standard InChI is InChI=1S/C17H20N4O6/c1-17(2)14(24)21(16(26)20-17)9-11(22)27-12(10-7-5-4-6-8-10)13(23)19-15(25)18-3/h4-8,12H,9H2,1-3H3,(H,20,26)(H2,18,19,23,25)/t12-/m0/s1. The van der Waals surface area contributed by atoms with E-state index in [1.165, 1.54) is 33.0 Å². The third-order valence-corrected chi connectivity index (χ3v) is 3.79. The van der Waals surface area contributed by atoms with Crippen LogP contribution in [0.4, 0.5) is 9.59 Å². The van der Waals surface area contributed by atoms with Crippen molar-refractivity contribution in [3.63, 3.8) is 0 Å². The second-order valence-corrected chi connectivity index (χ2v) is 6.30. The molecule has 0 unspecified atom stereocenters. The van der Waals surface area contributed by atoms with Gasteiger partial charge in [0.25, 0.3) is 11.8 Å². The van der Waals surface area contributed by atoms with Gasteiger partial charge in [-0.3, -0.25) is 24.6 Å². The lowest BCUT2D eigenvalue weighted by Crippen LogP contribution is -2.43. The third-order valence-electron chi connectivity index (χ3n) is 3.79. The molecule has 1 aliphatic rings. The summed E-state index contributed by atoms with van der Waals surface area (Å²) in [4.78, 5) is 60.7. The van der Waals surface area contributed by atoms with Gasteiger partial charge in [-0.15, -0.1) is 0 Å². The molecule has 0 bridgehead atoms. The number of ether oxygens (including phenoxy) is 1. The highest BCUT2D eigenvalue weighted by atomic mass is 16.5. The molecule has 10 nitrogen and oxygen atoms in total. The first-order valence-corrected chi connectivity index (χ1v) is 8.07. The van der Waals surface area contributed by atoms with Gasteiger partial charge >= 0.3 is 18.0 Å². The zero-order valence-electron chi connectivity index (χ0n) is 15.1. The van der Waals surface area contributed by atoms with Gasteiger partial charge in [0.15, 0.2) is 0 Å². The van der Waals surface area contributed by atoms with Crippen LogP contribution in [0.2, 0.25) is 0 Å². The fraction of sp³-hybridized carbons (Fsp3) is 0.353. The Hall–Kier alpha value is -3.43. The highest BCUT2D eigenvalue weighted by Crippen LogP contribution is 2.20. The predicted octanol–water partition coefficient (Wildman–Crippen LogP) is 0.0569. The molecule has 3 N–H and O–H groups in total. The van der Waals surface area contributed by atoms with Gasteiger partial charge in [0, 0.05) is 12.6 Å². The van der Waals surface area contributed by atoms with E-state index in [-0.39, 0.29) is 0 Å². The molecule has 1 fully saturated rings. The van der Waals surface area contributed by atoms with E-state index in [4.69, 9.17) is 4.74 Å². The Balaban J connectivity index is 2.14. The van der Waals surface area contributed by atoms with Crippen LogP contribution in [0.25, 0.3) is 0 Å². The Morgan fingerprint density at radius 3 is 2.33 bits per heavy atom. The number of hydrogen-bond donors (Lipinski definition) is 3. The molecule has 6 amide bonds. The first kappa shape index (κ1) is 19.9. The van der Waals surface area contributed by atoms with E-state index < -0.39 is 48.0 Å². The Morgan fingerprint density at radius 1 is 1.19 bits per heavy atom. The number of hydrogen-bond acceptors (Lipinski definition) is 6. The normalized spacial score (nSPS) is 16.3. The zero-order chi connectivity index (χ0) is 20.2. The Morgan fingerprint density at radius 2 is 1.81 bits per heavy atom. The van der Waals surface area contributed by atoms with E-state index in [1.807, 2.05) is 5.32 Å². The van der Waals surface area contributed by atoms with Gasteiger partial charge in [0.1, 0.15) is 12.1 Å². The molecule has 144 valence electrons. The molecule has 1 heterocycles. The van der Waals surface area contributed by atoms with Gasteiger partial charge in [-0.05, 0) is 13.8 Å². The monoisotopic (exact) mass is 376 g/mol. The number of benzene rings is 1. The van der Waals surface area contributed by atoms with Crippen LogP contribution in [-0.4, -0.2) is 53.9 Å². The van der Waals surface area contributed by atoms with Gasteiger partial charge in [-0.2, -0.15) is 0 Å². The third kappa shape index (κ3) is 4.60. The van der Waals surface area contributed by atoms with Crippen LogP contribution in [-0.2, 0) is 19.1 Å². The molecule has 0 aliphatic carbocycles. The van der Waals surface area contributed by atoms with Crippen LogP contribution in [0.5, 0.6) is 0 Å². The topological polar surface area (TPSA) is 134 Å². The minimum atomic E-state index is -1.43. The summed E-state index contributed by atoms with van der Waals surface area (Å²) in [5, 5.41) is 6.69. The molecular weight excluding hydrogens is 356 g/mol. The highest BCUT2D eigenvalue weighted by Gasteiger charge is 2.45. The van der Waals surface area contributed by atoms with E-state index in [0.29, 0.717) is 10.5 Å². The quantitative estimate of drug-likeness (QED) is 0.491. The first-order chi connectivity index (χ1) is 12.7. The van der Waals surface area contributed by atoms with E-state index in [2.05, 4.69) is 10.6 Å². The second kappa shape index (κ2) is 7.85. The van der Waals surface area contributed by atoms with Crippen LogP contribution in [0, 0.1) is 0 Å². The Labute approximate surface area is 155 Å². The molecule has 0 spiro atoms. The number of urea groups is 2. The van der Waals surface area contributed by atoms with Crippen molar-refractivity contribution in [3.8, 4) is 0 Å². The van der Waals surface area contributed by atoms with Crippen molar-refractivity contribution in [3.05, 3.63) is 35.9 Å². The fourth-order valence-corrected chi connectivity index (χ4v) is 2.40. The molecule has 1 aliphatic heterocycles. The van der Waals surface area contributed by atoms with Crippen LogP contribution in [0.1, 0.15) is 25.5 Å². The summed E-state index contributed by atoms with van der Waals surface area (Å²) in [5.41, 5.74) is -0.808. The molecule has 27 heavy (non-hydrogen) atoms. The van der Waals surface area contributed by atoms with E-state index in [1.54, 1.807) is 18.2 Å². The van der Waals surface area contributed by atoms with Gasteiger partial charge in [-0.25, -0.2) is 9.59 Å². The average Bonchev–Trinajstić information content (AvgIpc) is 2.81. The highest BCUT2D eigenvalue weighted by molar-refractivity contribution is 6.08. The van der Waals surface area contributed by atoms with Crippen LogP contribution in [0.3, 0.4) is 0 Å². The van der Waals surface area contributed by atoms with Gasteiger partial charge in [-0.1, -0.05) is 30.3 Å². The summed E-state index contributed by atoms with van der Waals surface area (Å²) in [7, 11) is 1.32. The van der Waals surface area contributed by atoms with E-state index in [0.717, 1.165) is 0 Å². The molecule has 0 aromatic heterocycles. The SMILES string of the molecule is CNC(=O)NC(=O)[C@@H](OC(=O)CN1C(=O)NC(C)(C)C1=O)c1ccccc1. The van der Waals surface area contributed by atoms with Gasteiger partial charge < -0.3 is 15.4 Å². The molecule has 1 aromatic carbocycles. The minimum absolute atomic E-state index is 0.324. The number of carbonyl (C=O) groups is 5. The number of nitrogens with one attached hydrogen (secondary N) is 3. The second-order valence-electron chi connectivity index (χ2n) is 6.30. The molecule has 1 aromatic rings. The summed E-state index contributed by atoms with van der Waals surface area (Å²) >= 11 is 0. The zero-order valence-corrected chi connectivity index (χ0v) is 15.1. The van der Waals surface area contributed by atoms with Crippen molar-refractivity contribution in [2.45, 2.75) is 25.5 Å². The minimum Gasteiger partial charge on any atom is -0.446 e. The van der Waals surface area contributed by atoms with Crippen LogP contribution < -0.4 is 16.0 Å². The smallest absolute Gasteiger partial charge is 0.327 e. The van der Waals surface area contributed by atoms with Crippen LogP contribution >= 0.6 is 0 Å². The number of esters is 1. The maximum atomic E-state index is 12.3. The van der Waals surface area contributed by atoms with Crippen molar-refractivity contribution in [1.29, 1.82) is 0 Å². The number of carbonyl (C=O) groups excluding carboxylic acids is 5. The summed E-state index contributed by atoms with van der Waals surface area (Å²) in [5.74, 6) is -2.43. The molecule has 2 rings (SSSR count). The maximum absolute atomic E-state index is 12.3. The lowest BCUT2D eigenvalue weighted by molar-refractivity contribution is -0.157. The first-order valence-electron chi connectivity index (χ1n) is 8.07. The van der Waals surface area contributed by atoms with Crippen molar-refractivity contribution in [2.24, 2.45) is 0 Å². The molecule has 10 heteroatoms. The summed E-state index contributed by atoms with van der Waals surface area (Å²) in [6.45, 7) is 2.34. The summed E-state index contributed by atoms with van der Waals surface area (Å²) < 4.78 is 5.17. The largest absolute Gasteiger partial charge is 0.446 e. The fourth-order valence-electron chi connectivity index (χ4n) is 2.40. The van der Waals surface area contributed by atoms with Crippen molar-refractivity contribution >= 4 is 29.8 Å². The number of rotatable bonds is 5. The van der Waals surface area contributed by atoms with Crippen molar-refractivity contribution in [2.75, 3.05) is 13.6 Å². The van der Waals surface area contributed by atoms with E-state index >= 15 is 0 Å². The lowest BCUT2D eigenvalue weighted by Gasteiger charge is -2.19. The number of nitrogens with zero attached hydrogens (tertiary/aromatic N) is 1. The summed E-state index contributed by atoms with van der Waals surface area (Å²) in [6.07, 6.45) is -1.43. The predicted molar refractivity (Wildman–Crippen MR) is 92.2 cm³/mol. The number of imide groups is 2. The van der Waals surface area contributed by atoms with Gasteiger partial charge in [0.2, 0.25) is 6.10 Å². The van der Waals surface area contributed by atoms with Crippen molar-refractivity contribution in [1.82, 2.24) is 20.9 Å². The molecular formula is C17H20N4O6. The molecule has 1 saturated heterocycles. The molecule has 1 atom stereocenters. The summed E-state index contributed by atoms with van der Waals surface area (Å²) in [6, 6.07) is 6.54. The average molecular weight is 376 g/mol. The van der Waals surface area contributed by atoms with Crippen LogP contribution in [0.15, 0.2) is 30.3 Å². The maximum Gasteiger partial charge on any atom is 0.327 e. The Kier molecular flexibility index (Phi) is 5.78. The number of amides is 6. The van der Waals surface area contributed by atoms with E-state index in [9.17, 15) is 24.0 Å². The Bertz CT molecular complexity index is 777. The van der Waals surface area contributed by atoms with Crippen molar-refractivity contribution < 1.29 is 28.7 Å². The molecule has 0 radical (unpaired) electrons. The molecule has 0 saturated carbocycles. The lowest BCUT2D eigenvalue weighted by atomic mass is 10.1. The van der Waals surface area contributed by atoms with Gasteiger partial charge in [0.05, 0.1) is 0 Å².